The number of nitrogens with zero attached hydrogens (tertiary/aromatic N) is 3. The molecule has 1 amide bonds. The highest BCUT2D eigenvalue weighted by atomic mass is 16.5. The number of carbonyl (C=O) groups is 1. The van der Waals surface area contributed by atoms with Crippen molar-refractivity contribution in [3.8, 4) is 11.5 Å². The quantitative estimate of drug-likeness (QED) is 0.736. The highest BCUT2D eigenvalue weighted by Crippen LogP contribution is 2.41. The van der Waals surface area contributed by atoms with Gasteiger partial charge in [0.25, 0.3) is 0 Å². The lowest BCUT2D eigenvalue weighted by Crippen LogP contribution is -2.50. The summed E-state index contributed by atoms with van der Waals surface area (Å²) in [5, 5.41) is 0. The van der Waals surface area contributed by atoms with Crippen LogP contribution in [0.2, 0.25) is 0 Å². The van der Waals surface area contributed by atoms with Gasteiger partial charge in [-0.05, 0) is 76.0 Å². The van der Waals surface area contributed by atoms with Crippen LogP contribution in [0.4, 0.5) is 0 Å². The lowest BCUT2D eigenvalue weighted by atomic mass is 9.78. The first-order valence-corrected chi connectivity index (χ1v) is 11.1. The number of ether oxygens (including phenoxy) is 2. The van der Waals surface area contributed by atoms with Crippen LogP contribution in [-0.4, -0.2) is 60.6 Å². The predicted molar refractivity (Wildman–Crippen MR) is 120 cm³/mol. The van der Waals surface area contributed by atoms with Crippen LogP contribution < -0.4 is 9.47 Å². The van der Waals surface area contributed by atoms with Crippen molar-refractivity contribution >= 4 is 5.91 Å². The van der Waals surface area contributed by atoms with Crippen molar-refractivity contribution in [2.45, 2.75) is 44.2 Å². The Bertz CT molecular complexity index is 892. The van der Waals surface area contributed by atoms with Gasteiger partial charge in [0.05, 0.1) is 20.1 Å². The molecule has 1 saturated carbocycles. The summed E-state index contributed by atoms with van der Waals surface area (Å²) in [5.41, 5.74) is 1.47. The van der Waals surface area contributed by atoms with Crippen molar-refractivity contribution in [1.82, 2.24) is 14.8 Å². The van der Waals surface area contributed by atoms with Gasteiger partial charge in [-0.1, -0.05) is 6.07 Å². The zero-order valence-corrected chi connectivity index (χ0v) is 18.8. The first kappa shape index (κ1) is 21.6. The Kier molecular flexibility index (Phi) is 6.46. The van der Waals surface area contributed by atoms with Crippen molar-refractivity contribution < 1.29 is 14.3 Å². The lowest BCUT2D eigenvalue weighted by Gasteiger charge is -2.42. The molecule has 2 aromatic rings. The van der Waals surface area contributed by atoms with E-state index in [2.05, 4.69) is 24.0 Å². The fourth-order valence-corrected chi connectivity index (χ4v) is 4.89. The number of methoxy groups -OCH3 is 1. The van der Waals surface area contributed by atoms with Gasteiger partial charge in [0.1, 0.15) is 17.1 Å². The summed E-state index contributed by atoms with van der Waals surface area (Å²) in [4.78, 5) is 21.9. The molecule has 31 heavy (non-hydrogen) atoms. The molecule has 0 unspecified atom stereocenters. The van der Waals surface area contributed by atoms with E-state index in [4.69, 9.17) is 9.47 Å². The van der Waals surface area contributed by atoms with Crippen molar-refractivity contribution in [2.75, 3.05) is 34.3 Å². The molecule has 0 atom stereocenters. The maximum Gasteiger partial charge on any atom is 0.229 e. The van der Waals surface area contributed by atoms with Crippen LogP contribution in [0.3, 0.4) is 0 Å². The van der Waals surface area contributed by atoms with E-state index < -0.39 is 0 Å². The fraction of sp³-hybridized carbons (Fsp3) is 0.520. The third kappa shape index (κ3) is 5.18. The number of rotatable bonds is 5. The number of amides is 1. The van der Waals surface area contributed by atoms with Crippen LogP contribution >= 0.6 is 0 Å². The first-order valence-electron chi connectivity index (χ1n) is 11.1. The number of aromatic nitrogens is 1. The smallest absolute Gasteiger partial charge is 0.229 e. The molecule has 0 radical (unpaired) electrons. The Morgan fingerprint density at radius 1 is 1.26 bits per heavy atom. The van der Waals surface area contributed by atoms with E-state index in [1.165, 1.54) is 0 Å². The molecule has 1 aliphatic heterocycles. The zero-order chi connectivity index (χ0) is 21.8. The molecule has 1 aromatic carbocycles. The lowest BCUT2D eigenvalue weighted by molar-refractivity contribution is -0.134. The molecule has 1 spiro atoms. The van der Waals surface area contributed by atoms with Gasteiger partial charge in [-0.15, -0.1) is 0 Å². The van der Waals surface area contributed by atoms with Gasteiger partial charge in [-0.2, -0.15) is 0 Å². The van der Waals surface area contributed by atoms with Gasteiger partial charge < -0.3 is 19.3 Å². The second-order valence-corrected chi connectivity index (χ2v) is 9.21. The van der Waals surface area contributed by atoms with E-state index in [1.807, 2.05) is 41.3 Å². The molecule has 0 N–H and O–H groups in total. The normalized spacial score (nSPS) is 23.2. The van der Waals surface area contributed by atoms with Gasteiger partial charge in [0.2, 0.25) is 5.91 Å². The Hall–Kier alpha value is -2.60. The van der Waals surface area contributed by atoms with Crippen molar-refractivity contribution in [2.24, 2.45) is 5.92 Å². The van der Waals surface area contributed by atoms with Crippen molar-refractivity contribution in [3.63, 3.8) is 0 Å². The van der Waals surface area contributed by atoms with Crippen LogP contribution in [0, 0.1) is 5.92 Å². The number of pyridine rings is 1. The van der Waals surface area contributed by atoms with E-state index >= 15 is 0 Å². The standard InChI is InChI=1S/C25H33N3O3/c1-27(2)16-19-9-11-25(12-10-19)18-28(24(29)15-21-6-4-5-13-26-21)17-20-14-22(30-3)7-8-23(20)31-25/h4-8,13-14,19H,9-12,15-18H2,1-3H3. The highest BCUT2D eigenvalue weighted by molar-refractivity contribution is 5.78. The molecular formula is C25H33N3O3. The molecule has 1 aromatic heterocycles. The summed E-state index contributed by atoms with van der Waals surface area (Å²) in [7, 11) is 5.93. The third-order valence-electron chi connectivity index (χ3n) is 6.49. The highest BCUT2D eigenvalue weighted by Gasteiger charge is 2.42. The number of benzene rings is 1. The van der Waals surface area contributed by atoms with E-state index in [1.54, 1.807) is 13.3 Å². The number of hydrogen-bond donors (Lipinski definition) is 0. The predicted octanol–water partition coefficient (Wildman–Crippen LogP) is 3.54. The van der Waals surface area contributed by atoms with Gasteiger partial charge in [0.15, 0.2) is 0 Å². The summed E-state index contributed by atoms with van der Waals surface area (Å²) in [6.07, 6.45) is 6.20. The zero-order valence-electron chi connectivity index (χ0n) is 18.8. The number of fused-ring (bicyclic) bond motifs is 1. The van der Waals surface area contributed by atoms with Gasteiger partial charge in [0, 0.05) is 30.5 Å². The molecule has 2 aliphatic rings. The molecule has 0 bridgehead atoms. The average Bonchev–Trinajstić information content (AvgIpc) is 2.92. The molecule has 6 heteroatoms. The van der Waals surface area contributed by atoms with Crippen LogP contribution in [0.5, 0.6) is 11.5 Å². The minimum absolute atomic E-state index is 0.0905. The van der Waals surface area contributed by atoms with E-state index in [-0.39, 0.29) is 11.5 Å². The maximum atomic E-state index is 13.3. The van der Waals surface area contributed by atoms with E-state index in [0.29, 0.717) is 25.4 Å². The molecule has 166 valence electrons. The second kappa shape index (κ2) is 9.27. The molecule has 2 heterocycles. The topological polar surface area (TPSA) is 54.9 Å². The SMILES string of the molecule is COc1ccc2c(c1)CN(C(=O)Cc1ccccn1)CC1(CCC(CN(C)C)CC1)O2. The van der Waals surface area contributed by atoms with Gasteiger partial charge >= 0.3 is 0 Å². The van der Waals surface area contributed by atoms with Crippen LogP contribution in [-0.2, 0) is 17.8 Å². The number of hydrogen-bond acceptors (Lipinski definition) is 5. The largest absolute Gasteiger partial charge is 0.497 e. The molecule has 1 fully saturated rings. The van der Waals surface area contributed by atoms with Crippen LogP contribution in [0.25, 0.3) is 0 Å². The summed E-state index contributed by atoms with van der Waals surface area (Å²) >= 11 is 0. The summed E-state index contributed by atoms with van der Waals surface area (Å²) in [6.45, 7) is 2.25. The van der Waals surface area contributed by atoms with Crippen molar-refractivity contribution in [3.05, 3.63) is 53.9 Å². The van der Waals surface area contributed by atoms with Crippen molar-refractivity contribution in [1.29, 1.82) is 0 Å². The minimum atomic E-state index is -0.331. The molecule has 0 saturated heterocycles. The van der Waals surface area contributed by atoms with Crippen LogP contribution in [0.15, 0.2) is 42.6 Å². The van der Waals surface area contributed by atoms with Crippen LogP contribution in [0.1, 0.15) is 36.9 Å². The maximum absolute atomic E-state index is 13.3. The molecule has 6 nitrogen and oxygen atoms in total. The van der Waals surface area contributed by atoms with E-state index in [9.17, 15) is 4.79 Å². The first-order chi connectivity index (χ1) is 15.0. The molecular weight excluding hydrogens is 390 g/mol. The summed E-state index contributed by atoms with van der Waals surface area (Å²) in [5.74, 6) is 2.43. The molecule has 4 rings (SSSR count). The summed E-state index contributed by atoms with van der Waals surface area (Å²) in [6, 6.07) is 11.6. The Morgan fingerprint density at radius 2 is 2.06 bits per heavy atom. The Balaban J connectivity index is 1.58. The second-order valence-electron chi connectivity index (χ2n) is 9.21. The monoisotopic (exact) mass is 423 g/mol. The Morgan fingerprint density at radius 3 is 2.74 bits per heavy atom. The van der Waals surface area contributed by atoms with Gasteiger partial charge in [-0.3, -0.25) is 9.78 Å². The van der Waals surface area contributed by atoms with E-state index in [0.717, 1.165) is 55.0 Å². The Labute approximate surface area is 185 Å². The minimum Gasteiger partial charge on any atom is -0.497 e. The molecule has 1 aliphatic carbocycles. The fourth-order valence-electron chi connectivity index (χ4n) is 4.89. The average molecular weight is 424 g/mol. The van der Waals surface area contributed by atoms with Gasteiger partial charge in [-0.25, -0.2) is 0 Å². The summed E-state index contributed by atoms with van der Waals surface area (Å²) < 4.78 is 12.1. The third-order valence-corrected chi connectivity index (χ3v) is 6.49. The number of carbonyl (C=O) groups excluding carboxylic acids is 1.